The maximum atomic E-state index is 12.8. The van der Waals surface area contributed by atoms with Gasteiger partial charge in [-0.2, -0.15) is 5.10 Å². The number of hydrogen-bond acceptors (Lipinski definition) is 4. The third-order valence-electron chi connectivity index (χ3n) is 4.62. The van der Waals surface area contributed by atoms with E-state index in [1.807, 2.05) is 49.5 Å². The van der Waals surface area contributed by atoms with Crippen LogP contribution in [0.25, 0.3) is 11.3 Å². The topological polar surface area (TPSA) is 58.2 Å². The molecule has 134 valence electrons. The van der Waals surface area contributed by atoms with Gasteiger partial charge in [0.2, 0.25) is 0 Å². The molecule has 1 aliphatic heterocycles. The van der Waals surface area contributed by atoms with Crippen LogP contribution in [0.1, 0.15) is 39.1 Å². The van der Waals surface area contributed by atoms with E-state index in [0.29, 0.717) is 6.54 Å². The minimum absolute atomic E-state index is 0.0273. The second-order valence-corrected chi connectivity index (χ2v) is 7.62. The van der Waals surface area contributed by atoms with Crippen molar-refractivity contribution in [1.82, 2.24) is 15.1 Å². The molecular weight excluding hydrogens is 346 g/mol. The Hall–Kier alpha value is -2.44. The predicted molar refractivity (Wildman–Crippen MR) is 102 cm³/mol. The zero-order valence-corrected chi connectivity index (χ0v) is 15.5. The van der Waals surface area contributed by atoms with Crippen molar-refractivity contribution in [3.8, 4) is 11.3 Å². The number of hydrogen-bond donors (Lipinski definition) is 1. The van der Waals surface area contributed by atoms with Gasteiger partial charge >= 0.3 is 0 Å². The van der Waals surface area contributed by atoms with Crippen LogP contribution in [0.5, 0.6) is 0 Å². The summed E-state index contributed by atoms with van der Waals surface area (Å²) >= 11 is 1.54. The number of H-pyrrole nitrogens is 1. The maximum Gasteiger partial charge on any atom is 0.263 e. The number of aromatic amines is 1. The van der Waals surface area contributed by atoms with Gasteiger partial charge in [0.1, 0.15) is 0 Å². The summed E-state index contributed by atoms with van der Waals surface area (Å²) in [5, 5.41) is 7.21. The van der Waals surface area contributed by atoms with Gasteiger partial charge in [-0.1, -0.05) is 30.3 Å². The summed E-state index contributed by atoms with van der Waals surface area (Å²) in [5.74, 6) is 0.0273. The first-order chi connectivity index (χ1) is 12.7. The average Bonchev–Trinajstić information content (AvgIpc) is 3.42. The van der Waals surface area contributed by atoms with Crippen LogP contribution in [0.2, 0.25) is 0 Å². The lowest BCUT2D eigenvalue weighted by Gasteiger charge is -2.16. The smallest absolute Gasteiger partial charge is 0.263 e. The van der Waals surface area contributed by atoms with E-state index in [1.54, 1.807) is 22.4 Å². The van der Waals surface area contributed by atoms with Gasteiger partial charge in [-0.05, 0) is 30.5 Å². The van der Waals surface area contributed by atoms with Crippen LogP contribution in [0.15, 0.2) is 48.7 Å². The molecule has 1 fully saturated rings. The third-order valence-corrected chi connectivity index (χ3v) is 5.78. The predicted octanol–water partition coefficient (Wildman–Crippen LogP) is 4.26. The third kappa shape index (κ3) is 3.43. The number of carbonyl (C=O) groups is 1. The van der Waals surface area contributed by atoms with Crippen molar-refractivity contribution in [1.29, 1.82) is 0 Å². The van der Waals surface area contributed by atoms with Crippen LogP contribution in [0, 0.1) is 0 Å². The van der Waals surface area contributed by atoms with E-state index in [4.69, 9.17) is 4.74 Å². The molecule has 0 saturated carbocycles. The Balaban J connectivity index is 1.48. The molecule has 1 aliphatic rings. The molecule has 2 aromatic heterocycles. The van der Waals surface area contributed by atoms with Crippen molar-refractivity contribution in [2.24, 2.45) is 0 Å². The standard InChI is InChI=1S/C20H21N3O2S/c1-23(13-15-12-21-22-19(15)14-6-3-2-4-7-14)20(24)18-10-9-17(26-18)16-8-5-11-25-16/h2-4,6-7,9-10,12,16H,5,8,11,13H2,1H3,(H,21,22)/t16-/m1/s1. The zero-order valence-electron chi connectivity index (χ0n) is 14.6. The molecule has 0 bridgehead atoms. The normalized spacial score (nSPS) is 16.7. The fraction of sp³-hybridized carbons (Fsp3) is 0.300. The van der Waals surface area contributed by atoms with Gasteiger partial charge in [0.05, 0.1) is 22.9 Å². The monoisotopic (exact) mass is 367 g/mol. The van der Waals surface area contributed by atoms with Crippen LogP contribution >= 0.6 is 11.3 Å². The van der Waals surface area contributed by atoms with Crippen molar-refractivity contribution in [2.75, 3.05) is 13.7 Å². The van der Waals surface area contributed by atoms with E-state index in [0.717, 1.165) is 46.0 Å². The van der Waals surface area contributed by atoms with Gasteiger partial charge in [0.25, 0.3) is 5.91 Å². The minimum atomic E-state index is 0.0273. The molecule has 4 rings (SSSR count). The highest BCUT2D eigenvalue weighted by atomic mass is 32.1. The lowest BCUT2D eigenvalue weighted by Crippen LogP contribution is -2.25. The van der Waals surface area contributed by atoms with Crippen LogP contribution < -0.4 is 0 Å². The van der Waals surface area contributed by atoms with Gasteiger partial charge in [0.15, 0.2) is 0 Å². The SMILES string of the molecule is CN(Cc1cn[nH]c1-c1ccccc1)C(=O)c1ccc([C@H]2CCCO2)s1. The Bertz CT molecular complexity index is 881. The van der Waals surface area contributed by atoms with E-state index < -0.39 is 0 Å². The molecule has 0 spiro atoms. The molecule has 6 heteroatoms. The number of benzene rings is 1. The van der Waals surface area contributed by atoms with E-state index in [2.05, 4.69) is 10.2 Å². The van der Waals surface area contributed by atoms with Crippen LogP contribution in [-0.2, 0) is 11.3 Å². The second kappa shape index (κ2) is 7.43. The van der Waals surface area contributed by atoms with Gasteiger partial charge in [0, 0.05) is 30.6 Å². The number of rotatable bonds is 5. The molecule has 1 saturated heterocycles. The molecule has 1 amide bonds. The highest BCUT2D eigenvalue weighted by Crippen LogP contribution is 2.33. The number of nitrogens with one attached hydrogen (secondary N) is 1. The van der Waals surface area contributed by atoms with Crippen LogP contribution in [-0.4, -0.2) is 34.7 Å². The summed E-state index contributed by atoms with van der Waals surface area (Å²) in [4.78, 5) is 16.4. The summed E-state index contributed by atoms with van der Waals surface area (Å²) in [6, 6.07) is 14.0. The molecular formula is C20H21N3O2S. The largest absolute Gasteiger partial charge is 0.373 e. The Labute approximate surface area is 156 Å². The summed E-state index contributed by atoms with van der Waals surface area (Å²) in [6.07, 6.45) is 4.08. The molecule has 0 radical (unpaired) electrons. The van der Waals surface area contributed by atoms with Crippen LogP contribution in [0.3, 0.4) is 0 Å². The van der Waals surface area contributed by atoms with Gasteiger partial charge in [-0.25, -0.2) is 0 Å². The highest BCUT2D eigenvalue weighted by molar-refractivity contribution is 7.14. The zero-order chi connectivity index (χ0) is 17.9. The van der Waals surface area contributed by atoms with Gasteiger partial charge < -0.3 is 9.64 Å². The number of thiophene rings is 1. The second-order valence-electron chi connectivity index (χ2n) is 6.50. The molecule has 3 heterocycles. The van der Waals surface area contributed by atoms with E-state index in [9.17, 15) is 4.79 Å². The van der Waals surface area contributed by atoms with Crippen molar-refractivity contribution in [2.45, 2.75) is 25.5 Å². The Kier molecular flexibility index (Phi) is 4.86. The molecule has 0 unspecified atom stereocenters. The number of carbonyl (C=O) groups excluding carboxylic acids is 1. The highest BCUT2D eigenvalue weighted by Gasteiger charge is 2.22. The molecule has 1 aromatic carbocycles. The number of aromatic nitrogens is 2. The number of amides is 1. The fourth-order valence-electron chi connectivity index (χ4n) is 3.24. The molecule has 5 nitrogen and oxygen atoms in total. The Morgan fingerprint density at radius 1 is 1.31 bits per heavy atom. The minimum Gasteiger partial charge on any atom is -0.373 e. The summed E-state index contributed by atoms with van der Waals surface area (Å²) in [5.41, 5.74) is 3.03. The van der Waals surface area contributed by atoms with Crippen molar-refractivity contribution < 1.29 is 9.53 Å². The number of nitrogens with zero attached hydrogens (tertiary/aromatic N) is 2. The lowest BCUT2D eigenvalue weighted by molar-refractivity contribution is 0.0790. The molecule has 3 aromatic rings. The van der Waals surface area contributed by atoms with Gasteiger partial charge in [-0.15, -0.1) is 11.3 Å². The molecule has 1 N–H and O–H groups in total. The first-order valence-electron chi connectivity index (χ1n) is 8.77. The average molecular weight is 367 g/mol. The molecule has 1 atom stereocenters. The van der Waals surface area contributed by atoms with E-state index in [1.165, 1.54) is 0 Å². The number of ether oxygens (including phenoxy) is 1. The summed E-state index contributed by atoms with van der Waals surface area (Å²) < 4.78 is 5.72. The fourth-order valence-corrected chi connectivity index (χ4v) is 4.33. The summed E-state index contributed by atoms with van der Waals surface area (Å²) in [7, 11) is 1.83. The Morgan fingerprint density at radius 2 is 2.15 bits per heavy atom. The molecule has 26 heavy (non-hydrogen) atoms. The quantitative estimate of drug-likeness (QED) is 0.733. The van der Waals surface area contributed by atoms with E-state index >= 15 is 0 Å². The summed E-state index contributed by atoms with van der Waals surface area (Å²) in [6.45, 7) is 1.32. The van der Waals surface area contributed by atoms with Crippen molar-refractivity contribution in [3.05, 3.63) is 64.0 Å². The van der Waals surface area contributed by atoms with Crippen molar-refractivity contribution >= 4 is 17.2 Å². The first-order valence-corrected chi connectivity index (χ1v) is 9.58. The van der Waals surface area contributed by atoms with Crippen LogP contribution in [0.4, 0.5) is 0 Å². The molecule has 0 aliphatic carbocycles. The van der Waals surface area contributed by atoms with E-state index in [-0.39, 0.29) is 12.0 Å². The van der Waals surface area contributed by atoms with Crippen molar-refractivity contribution in [3.63, 3.8) is 0 Å². The van der Waals surface area contributed by atoms with Gasteiger partial charge in [-0.3, -0.25) is 9.89 Å². The Morgan fingerprint density at radius 3 is 2.92 bits per heavy atom. The maximum absolute atomic E-state index is 12.8. The first kappa shape index (κ1) is 17.0. The lowest BCUT2D eigenvalue weighted by atomic mass is 10.1.